The Morgan fingerprint density at radius 3 is 1.50 bits per heavy atom. The quantitative estimate of drug-likeness (QED) is 0.0654. The van der Waals surface area contributed by atoms with Crippen molar-refractivity contribution in [1.82, 2.24) is 0 Å². The van der Waals surface area contributed by atoms with Crippen molar-refractivity contribution in [2.75, 3.05) is 20.6 Å². The van der Waals surface area contributed by atoms with Gasteiger partial charge in [0.1, 0.15) is 6.54 Å². The maximum Gasteiger partial charge on any atom is 0.336 e. The molecule has 5 nitrogen and oxygen atoms in total. The number of carboxylic acid groups (broad SMARTS) is 2. The molecule has 0 radical (unpaired) electrons. The molecule has 3 aromatic rings. The van der Waals surface area contributed by atoms with Crippen LogP contribution in [-0.4, -0.2) is 42.2 Å². The number of carbonyl (C=O) groups excluding carboxylic acids is 1. The second kappa shape index (κ2) is 23.6. The number of quaternary nitrogens is 1. The van der Waals surface area contributed by atoms with E-state index in [4.69, 9.17) is 5.11 Å². The number of hydrogen-bond donors (Lipinski definition) is 1. The summed E-state index contributed by atoms with van der Waals surface area (Å²) in [5.74, 6) is -2.26. The summed E-state index contributed by atoms with van der Waals surface area (Å²) >= 11 is 0. The van der Waals surface area contributed by atoms with Crippen molar-refractivity contribution in [3.63, 3.8) is 0 Å². The van der Waals surface area contributed by atoms with Gasteiger partial charge < -0.3 is 19.5 Å². The SMILES string of the molecule is CCCCCCCCCCCCCCCC[N+](C)(C)Cc1ccccc1.O=C([O-])c1ccccc1SSc1ccccc1C(=O)O. The maximum absolute atomic E-state index is 11.1. The Morgan fingerprint density at radius 1 is 0.609 bits per heavy atom. The summed E-state index contributed by atoms with van der Waals surface area (Å²) < 4.78 is 1.11. The van der Waals surface area contributed by atoms with Crippen molar-refractivity contribution in [3.8, 4) is 0 Å². The fourth-order valence-corrected chi connectivity index (χ4v) is 7.75. The highest BCUT2D eigenvalue weighted by Gasteiger charge is 2.15. The van der Waals surface area contributed by atoms with Gasteiger partial charge in [-0.25, -0.2) is 4.79 Å². The van der Waals surface area contributed by atoms with Gasteiger partial charge in [0.15, 0.2) is 0 Å². The second-order valence-electron chi connectivity index (χ2n) is 12.7. The predicted octanol–water partition coefficient (Wildman–Crippen LogP) is 10.3. The molecule has 0 aliphatic carbocycles. The third-order valence-electron chi connectivity index (χ3n) is 8.02. The van der Waals surface area contributed by atoms with Crippen molar-refractivity contribution >= 4 is 33.5 Å². The summed E-state index contributed by atoms with van der Waals surface area (Å²) in [5, 5.41) is 20.1. The van der Waals surface area contributed by atoms with Gasteiger partial charge in [-0.05, 0) is 31.0 Å². The minimum Gasteiger partial charge on any atom is -0.545 e. The molecule has 0 unspecified atom stereocenters. The fourth-order valence-electron chi connectivity index (χ4n) is 5.40. The summed E-state index contributed by atoms with van der Waals surface area (Å²) in [5.41, 5.74) is 1.75. The van der Waals surface area contributed by atoms with Crippen LogP contribution in [0.25, 0.3) is 0 Å². The van der Waals surface area contributed by atoms with E-state index < -0.39 is 11.9 Å². The summed E-state index contributed by atoms with van der Waals surface area (Å²) in [7, 11) is 7.14. The molecule has 0 saturated carbocycles. The zero-order valence-corrected chi connectivity index (χ0v) is 29.9. The van der Waals surface area contributed by atoms with Gasteiger partial charge in [0.25, 0.3) is 0 Å². The molecule has 0 bridgehead atoms. The molecular weight excluding hydrogens is 611 g/mol. The van der Waals surface area contributed by atoms with Crippen LogP contribution in [0.5, 0.6) is 0 Å². The van der Waals surface area contributed by atoms with Crippen molar-refractivity contribution in [2.45, 2.75) is 113 Å². The Hall–Kier alpha value is -2.74. The molecule has 0 fully saturated rings. The van der Waals surface area contributed by atoms with E-state index >= 15 is 0 Å². The van der Waals surface area contributed by atoms with E-state index in [2.05, 4.69) is 51.4 Å². The van der Waals surface area contributed by atoms with E-state index in [0.29, 0.717) is 9.79 Å². The molecule has 46 heavy (non-hydrogen) atoms. The van der Waals surface area contributed by atoms with Gasteiger partial charge in [0, 0.05) is 20.9 Å². The smallest absolute Gasteiger partial charge is 0.336 e. The number of carbonyl (C=O) groups is 2. The maximum atomic E-state index is 11.1. The summed E-state index contributed by atoms with van der Waals surface area (Å²) in [6, 6.07) is 24.0. The Morgan fingerprint density at radius 2 is 1.02 bits per heavy atom. The molecule has 0 amide bonds. The van der Waals surface area contributed by atoms with E-state index in [1.54, 1.807) is 36.4 Å². The molecular formula is C39H55NO4S2. The predicted molar refractivity (Wildman–Crippen MR) is 193 cm³/mol. The lowest BCUT2D eigenvalue weighted by Gasteiger charge is -2.30. The Bertz CT molecular complexity index is 1210. The third kappa shape index (κ3) is 17.3. The van der Waals surface area contributed by atoms with E-state index in [1.165, 1.54) is 136 Å². The zero-order valence-electron chi connectivity index (χ0n) is 28.3. The molecule has 0 aromatic heterocycles. The van der Waals surface area contributed by atoms with Gasteiger partial charge in [-0.1, -0.05) is 166 Å². The lowest BCUT2D eigenvalue weighted by molar-refractivity contribution is -0.903. The summed E-state index contributed by atoms with van der Waals surface area (Å²) in [6.07, 6.45) is 20.2. The highest BCUT2D eigenvalue weighted by molar-refractivity contribution is 8.76. The van der Waals surface area contributed by atoms with Gasteiger partial charge in [-0.3, -0.25) is 0 Å². The first kappa shape index (κ1) is 39.4. The number of aromatic carboxylic acids is 2. The Kier molecular flexibility index (Phi) is 20.2. The number of carboxylic acids is 2. The Balaban J connectivity index is 0.000000330. The molecule has 1 N–H and O–H groups in total. The van der Waals surface area contributed by atoms with Crippen molar-refractivity contribution in [2.24, 2.45) is 0 Å². The second-order valence-corrected chi connectivity index (χ2v) is 14.9. The molecule has 0 spiro atoms. The van der Waals surface area contributed by atoms with E-state index in [-0.39, 0.29) is 11.1 Å². The van der Waals surface area contributed by atoms with Crippen molar-refractivity contribution in [1.29, 1.82) is 0 Å². The first-order valence-electron chi connectivity index (χ1n) is 17.1. The van der Waals surface area contributed by atoms with Crippen LogP contribution in [0, 0.1) is 0 Å². The fraction of sp³-hybridized carbons (Fsp3) is 0.487. The normalized spacial score (nSPS) is 11.1. The number of hydrogen-bond acceptors (Lipinski definition) is 5. The van der Waals surface area contributed by atoms with Gasteiger partial charge in [-0.2, -0.15) is 0 Å². The van der Waals surface area contributed by atoms with Gasteiger partial charge >= 0.3 is 5.97 Å². The standard InChI is InChI=1S/C25H46N.C14H10O4S2/c1-4-5-6-7-8-9-10-11-12-13-14-15-16-20-23-26(2,3)24-25-21-18-17-19-22-25;15-13(16)9-5-1-3-7-11(9)19-20-12-8-4-2-6-10(12)14(17)18/h17-19,21-22H,4-16,20,23-24H2,1-3H3;1-8H,(H,15,16)(H,17,18)/q+1;/p-1. The van der Waals surface area contributed by atoms with Crippen LogP contribution in [0.3, 0.4) is 0 Å². The van der Waals surface area contributed by atoms with Crippen LogP contribution in [0.1, 0.15) is 123 Å². The third-order valence-corrected chi connectivity index (χ3v) is 10.5. The molecule has 3 aromatic carbocycles. The largest absolute Gasteiger partial charge is 0.545 e. The topological polar surface area (TPSA) is 77.4 Å². The minimum absolute atomic E-state index is 0.0952. The van der Waals surface area contributed by atoms with Crippen LogP contribution < -0.4 is 5.11 Å². The molecule has 252 valence electrons. The van der Waals surface area contributed by atoms with Gasteiger partial charge in [0.2, 0.25) is 0 Å². The van der Waals surface area contributed by atoms with E-state index in [1.807, 2.05) is 0 Å². The van der Waals surface area contributed by atoms with Crippen LogP contribution in [0.4, 0.5) is 0 Å². The highest BCUT2D eigenvalue weighted by atomic mass is 33.1. The van der Waals surface area contributed by atoms with Crippen LogP contribution >= 0.6 is 21.6 Å². The van der Waals surface area contributed by atoms with Crippen LogP contribution in [0.15, 0.2) is 88.7 Å². The Labute approximate surface area is 286 Å². The van der Waals surface area contributed by atoms with Crippen molar-refractivity contribution in [3.05, 3.63) is 95.6 Å². The molecule has 0 atom stereocenters. The molecule has 0 aliphatic rings. The first-order chi connectivity index (χ1) is 22.2. The van der Waals surface area contributed by atoms with E-state index in [9.17, 15) is 14.7 Å². The lowest BCUT2D eigenvalue weighted by Crippen LogP contribution is -2.39. The van der Waals surface area contributed by atoms with Crippen LogP contribution in [0.2, 0.25) is 0 Å². The van der Waals surface area contributed by atoms with Crippen LogP contribution in [-0.2, 0) is 6.54 Å². The number of benzene rings is 3. The zero-order chi connectivity index (χ0) is 33.5. The average molecular weight is 666 g/mol. The molecule has 3 rings (SSSR count). The molecule has 0 aliphatic heterocycles. The molecule has 0 saturated heterocycles. The number of nitrogens with zero attached hydrogens (tertiary/aromatic N) is 1. The minimum atomic E-state index is -1.25. The average Bonchev–Trinajstić information content (AvgIpc) is 3.04. The first-order valence-corrected chi connectivity index (χ1v) is 19.2. The van der Waals surface area contributed by atoms with Crippen molar-refractivity contribution < 1.29 is 24.3 Å². The lowest BCUT2D eigenvalue weighted by atomic mass is 10.0. The monoisotopic (exact) mass is 665 g/mol. The molecule has 7 heteroatoms. The summed E-state index contributed by atoms with van der Waals surface area (Å²) in [6.45, 7) is 4.75. The number of unbranched alkanes of at least 4 members (excludes halogenated alkanes) is 13. The van der Waals surface area contributed by atoms with Gasteiger partial charge in [-0.15, -0.1) is 0 Å². The van der Waals surface area contributed by atoms with Gasteiger partial charge in [0.05, 0.1) is 32.2 Å². The highest BCUT2D eigenvalue weighted by Crippen LogP contribution is 2.40. The summed E-state index contributed by atoms with van der Waals surface area (Å²) in [4.78, 5) is 23.2. The molecule has 0 heterocycles. The van der Waals surface area contributed by atoms with E-state index in [0.717, 1.165) is 11.0 Å². The number of rotatable bonds is 22.